The van der Waals surface area contributed by atoms with Gasteiger partial charge in [-0.15, -0.1) is 0 Å². The van der Waals surface area contributed by atoms with Crippen LogP contribution in [-0.4, -0.2) is 6.54 Å². The lowest BCUT2D eigenvalue weighted by Gasteiger charge is -2.30. The molecule has 0 spiro atoms. The Kier molecular flexibility index (Phi) is 3.46. The summed E-state index contributed by atoms with van der Waals surface area (Å²) in [6.07, 6.45) is 8.62. The first-order chi connectivity index (χ1) is 8.45. The fourth-order valence-electron chi connectivity index (χ4n) is 3.72. The lowest BCUT2D eigenvalue weighted by Crippen LogP contribution is -2.18. The molecule has 2 aliphatic rings. The fourth-order valence-corrected chi connectivity index (χ4v) is 3.72. The minimum atomic E-state index is 0.821. The van der Waals surface area contributed by atoms with Crippen molar-refractivity contribution >= 4 is 0 Å². The van der Waals surface area contributed by atoms with E-state index < -0.39 is 0 Å². The molecule has 1 fully saturated rings. The van der Waals surface area contributed by atoms with Crippen LogP contribution in [0, 0.1) is 5.92 Å². The number of benzene rings is 1. The molecule has 1 nitrogen and oxygen atoms in total. The average Bonchev–Trinajstić information content (AvgIpc) is 2.62. The Morgan fingerprint density at radius 3 is 2.65 bits per heavy atom. The van der Waals surface area contributed by atoms with Crippen LogP contribution in [0.4, 0.5) is 0 Å². The Hall–Kier alpha value is -0.820. The standard InChI is InChI=1S/C16H23N/c1-2-6-13(7-3-1)16-10-11-17-12-14-8-4-5-9-15(14)16/h4-5,8-9,13,16-17H,1-3,6-7,10-12H2. The van der Waals surface area contributed by atoms with Gasteiger partial charge >= 0.3 is 0 Å². The zero-order valence-electron chi connectivity index (χ0n) is 10.6. The van der Waals surface area contributed by atoms with Gasteiger partial charge in [-0.3, -0.25) is 0 Å². The highest BCUT2D eigenvalue weighted by atomic mass is 14.9. The van der Waals surface area contributed by atoms with E-state index in [1.165, 1.54) is 45.1 Å². The molecule has 0 aromatic heterocycles. The third-order valence-electron chi connectivity index (χ3n) is 4.62. The van der Waals surface area contributed by atoms with Crippen LogP contribution in [0.15, 0.2) is 24.3 Å². The van der Waals surface area contributed by atoms with Gasteiger partial charge in [0, 0.05) is 6.54 Å². The molecular weight excluding hydrogens is 206 g/mol. The molecule has 1 heterocycles. The van der Waals surface area contributed by atoms with Crippen molar-refractivity contribution in [2.75, 3.05) is 6.54 Å². The highest BCUT2D eigenvalue weighted by molar-refractivity contribution is 5.32. The Morgan fingerprint density at radius 2 is 1.76 bits per heavy atom. The summed E-state index contributed by atoms with van der Waals surface area (Å²) in [6, 6.07) is 9.09. The van der Waals surface area contributed by atoms with E-state index in [-0.39, 0.29) is 0 Å². The molecule has 1 N–H and O–H groups in total. The molecule has 1 atom stereocenters. The van der Waals surface area contributed by atoms with Crippen LogP contribution in [-0.2, 0) is 6.54 Å². The van der Waals surface area contributed by atoms with Crippen molar-refractivity contribution in [1.82, 2.24) is 5.32 Å². The van der Waals surface area contributed by atoms with Crippen LogP contribution in [0.3, 0.4) is 0 Å². The second-order valence-electron chi connectivity index (χ2n) is 5.67. The van der Waals surface area contributed by atoms with Crippen molar-refractivity contribution in [3.8, 4) is 0 Å². The van der Waals surface area contributed by atoms with Crippen molar-refractivity contribution in [2.24, 2.45) is 5.92 Å². The summed E-state index contributed by atoms with van der Waals surface area (Å²) in [4.78, 5) is 0. The monoisotopic (exact) mass is 229 g/mol. The van der Waals surface area contributed by atoms with Gasteiger partial charge in [-0.25, -0.2) is 0 Å². The highest BCUT2D eigenvalue weighted by Gasteiger charge is 2.27. The Bertz CT molecular complexity index is 366. The van der Waals surface area contributed by atoms with E-state index in [4.69, 9.17) is 0 Å². The third kappa shape index (κ3) is 2.40. The molecule has 1 aliphatic heterocycles. The normalized spacial score (nSPS) is 26.2. The van der Waals surface area contributed by atoms with Gasteiger partial charge in [0.15, 0.2) is 0 Å². The van der Waals surface area contributed by atoms with Crippen LogP contribution in [0.2, 0.25) is 0 Å². The van der Waals surface area contributed by atoms with E-state index in [1.807, 2.05) is 0 Å². The summed E-state index contributed by atoms with van der Waals surface area (Å²) >= 11 is 0. The van der Waals surface area contributed by atoms with Crippen LogP contribution >= 0.6 is 0 Å². The molecule has 0 saturated heterocycles. The van der Waals surface area contributed by atoms with Gasteiger partial charge in [-0.05, 0) is 48.8 Å². The van der Waals surface area contributed by atoms with E-state index in [9.17, 15) is 0 Å². The second kappa shape index (κ2) is 5.22. The lowest BCUT2D eigenvalue weighted by atomic mass is 9.74. The summed E-state index contributed by atoms with van der Waals surface area (Å²) in [5, 5.41) is 3.57. The smallest absolute Gasteiger partial charge is 0.0208 e. The molecule has 0 amide bonds. The topological polar surface area (TPSA) is 12.0 Å². The van der Waals surface area contributed by atoms with E-state index >= 15 is 0 Å². The van der Waals surface area contributed by atoms with Crippen LogP contribution in [0.25, 0.3) is 0 Å². The molecule has 1 heteroatoms. The zero-order valence-corrected chi connectivity index (χ0v) is 10.6. The van der Waals surface area contributed by atoms with Crippen molar-refractivity contribution in [3.63, 3.8) is 0 Å². The molecular formula is C16H23N. The molecule has 1 aliphatic carbocycles. The van der Waals surface area contributed by atoms with Crippen LogP contribution in [0.1, 0.15) is 55.6 Å². The van der Waals surface area contributed by atoms with E-state index in [2.05, 4.69) is 29.6 Å². The maximum absolute atomic E-state index is 3.57. The molecule has 1 aromatic carbocycles. The fraction of sp³-hybridized carbons (Fsp3) is 0.625. The maximum atomic E-state index is 3.57. The first kappa shape index (κ1) is 11.3. The Balaban J connectivity index is 1.88. The number of hydrogen-bond acceptors (Lipinski definition) is 1. The van der Waals surface area contributed by atoms with E-state index in [1.54, 1.807) is 11.1 Å². The second-order valence-corrected chi connectivity index (χ2v) is 5.67. The molecule has 0 bridgehead atoms. The van der Waals surface area contributed by atoms with Gasteiger partial charge in [0.25, 0.3) is 0 Å². The number of hydrogen-bond donors (Lipinski definition) is 1. The number of rotatable bonds is 1. The molecule has 3 rings (SSSR count). The summed E-state index contributed by atoms with van der Waals surface area (Å²) in [7, 11) is 0. The predicted molar refractivity (Wildman–Crippen MR) is 72.1 cm³/mol. The van der Waals surface area contributed by atoms with Gasteiger partial charge in [0.05, 0.1) is 0 Å². The maximum Gasteiger partial charge on any atom is 0.0208 e. The van der Waals surface area contributed by atoms with Crippen molar-refractivity contribution in [3.05, 3.63) is 35.4 Å². The summed E-state index contributed by atoms with van der Waals surface area (Å²) in [6.45, 7) is 2.26. The molecule has 1 unspecified atom stereocenters. The molecule has 92 valence electrons. The SMILES string of the molecule is c1ccc2c(c1)CNCCC2C1CCCCC1. The first-order valence-corrected chi connectivity index (χ1v) is 7.23. The highest BCUT2D eigenvalue weighted by Crippen LogP contribution is 2.39. The third-order valence-corrected chi connectivity index (χ3v) is 4.62. The molecule has 1 aromatic rings. The van der Waals surface area contributed by atoms with Crippen LogP contribution in [0.5, 0.6) is 0 Å². The summed E-state index contributed by atoms with van der Waals surface area (Å²) < 4.78 is 0. The van der Waals surface area contributed by atoms with Gasteiger partial charge in [-0.2, -0.15) is 0 Å². The predicted octanol–water partition coefficient (Wildman–Crippen LogP) is 3.84. The van der Waals surface area contributed by atoms with E-state index in [0.29, 0.717) is 0 Å². The Morgan fingerprint density at radius 1 is 0.941 bits per heavy atom. The van der Waals surface area contributed by atoms with Gasteiger partial charge < -0.3 is 5.32 Å². The average molecular weight is 229 g/mol. The number of nitrogens with one attached hydrogen (secondary N) is 1. The van der Waals surface area contributed by atoms with Crippen molar-refractivity contribution in [1.29, 1.82) is 0 Å². The first-order valence-electron chi connectivity index (χ1n) is 7.23. The molecule has 17 heavy (non-hydrogen) atoms. The van der Waals surface area contributed by atoms with Crippen molar-refractivity contribution in [2.45, 2.75) is 51.0 Å². The largest absolute Gasteiger partial charge is 0.313 e. The van der Waals surface area contributed by atoms with Crippen molar-refractivity contribution < 1.29 is 0 Å². The minimum Gasteiger partial charge on any atom is -0.313 e. The lowest BCUT2D eigenvalue weighted by molar-refractivity contribution is 0.295. The quantitative estimate of drug-likeness (QED) is 0.771. The van der Waals surface area contributed by atoms with E-state index in [0.717, 1.165) is 18.4 Å². The van der Waals surface area contributed by atoms with Crippen LogP contribution < -0.4 is 5.32 Å². The van der Waals surface area contributed by atoms with Gasteiger partial charge in [0.1, 0.15) is 0 Å². The van der Waals surface area contributed by atoms with Gasteiger partial charge in [-0.1, -0.05) is 43.5 Å². The minimum absolute atomic E-state index is 0.821. The zero-order chi connectivity index (χ0) is 11.5. The van der Waals surface area contributed by atoms with Gasteiger partial charge in [0.2, 0.25) is 0 Å². The number of fused-ring (bicyclic) bond motifs is 1. The molecule has 1 saturated carbocycles. The summed E-state index contributed by atoms with van der Waals surface area (Å²) in [5.41, 5.74) is 3.19. The Labute approximate surface area is 105 Å². The molecule has 0 radical (unpaired) electrons. The summed E-state index contributed by atoms with van der Waals surface area (Å²) in [5.74, 6) is 1.77.